The van der Waals surface area contributed by atoms with Crippen LogP contribution in [0.4, 0.5) is 0 Å². The highest BCUT2D eigenvalue weighted by Crippen LogP contribution is 2.23. The molecule has 7 nitrogen and oxygen atoms in total. The van der Waals surface area contributed by atoms with Gasteiger partial charge in [0.25, 0.3) is 5.56 Å². The van der Waals surface area contributed by atoms with Crippen LogP contribution in [-0.4, -0.2) is 15.0 Å². The van der Waals surface area contributed by atoms with Crippen molar-refractivity contribution in [1.82, 2.24) is 14.5 Å². The average molecular weight is 444 g/mol. The van der Waals surface area contributed by atoms with Gasteiger partial charge in [0, 0.05) is 9.90 Å². The maximum atomic E-state index is 13.3. The Morgan fingerprint density at radius 1 is 1.20 bits per heavy atom. The molecule has 0 aliphatic carbocycles. The number of furan rings is 1. The van der Waals surface area contributed by atoms with Gasteiger partial charge in [-0.1, -0.05) is 24.6 Å². The number of fused-ring (bicyclic) bond motifs is 1. The quantitative estimate of drug-likeness (QED) is 0.495. The van der Waals surface area contributed by atoms with E-state index >= 15 is 0 Å². The van der Waals surface area contributed by atoms with Gasteiger partial charge in [0.15, 0.2) is 0 Å². The Morgan fingerprint density at radius 3 is 2.73 bits per heavy atom. The van der Waals surface area contributed by atoms with Crippen molar-refractivity contribution in [3.05, 3.63) is 85.2 Å². The molecule has 9 heteroatoms. The summed E-state index contributed by atoms with van der Waals surface area (Å²) in [5.74, 6) is 0.242. The molecule has 1 amide bonds. The maximum Gasteiger partial charge on any atom is 0.337 e. The van der Waals surface area contributed by atoms with E-state index in [4.69, 9.17) is 16.0 Å². The largest absolute Gasteiger partial charge is 0.467 e. The lowest BCUT2D eigenvalue weighted by atomic mass is 10.3. The molecule has 1 N–H and O–H groups in total. The Labute approximate surface area is 180 Å². The van der Waals surface area contributed by atoms with Crippen LogP contribution < -0.4 is 16.6 Å². The fourth-order valence-electron chi connectivity index (χ4n) is 3.15. The molecule has 30 heavy (non-hydrogen) atoms. The summed E-state index contributed by atoms with van der Waals surface area (Å²) in [5, 5.41) is 3.54. The summed E-state index contributed by atoms with van der Waals surface area (Å²) in [6.45, 7) is 1.96. The van der Waals surface area contributed by atoms with Crippen molar-refractivity contribution in [1.29, 1.82) is 0 Å². The highest BCUT2D eigenvalue weighted by Gasteiger charge is 2.19. The zero-order valence-corrected chi connectivity index (χ0v) is 17.6. The van der Waals surface area contributed by atoms with Crippen LogP contribution in [0, 0.1) is 0 Å². The number of aryl methyl sites for hydroxylation is 1. The molecule has 0 spiro atoms. The number of carbonyl (C=O) groups is 1. The van der Waals surface area contributed by atoms with Crippen LogP contribution in [-0.2, 0) is 24.3 Å². The smallest absolute Gasteiger partial charge is 0.337 e. The predicted molar refractivity (Wildman–Crippen MR) is 117 cm³/mol. The average Bonchev–Trinajstić information content (AvgIpc) is 3.39. The number of nitrogens with zero attached hydrogens (tertiary/aromatic N) is 2. The van der Waals surface area contributed by atoms with Gasteiger partial charge >= 0.3 is 5.69 Å². The van der Waals surface area contributed by atoms with E-state index in [1.165, 1.54) is 22.2 Å². The number of thiophene rings is 1. The molecule has 3 heterocycles. The molecule has 4 rings (SSSR count). The van der Waals surface area contributed by atoms with Crippen molar-refractivity contribution in [2.75, 3.05) is 0 Å². The molecule has 0 radical (unpaired) electrons. The molecule has 0 saturated carbocycles. The van der Waals surface area contributed by atoms with Gasteiger partial charge in [-0.2, -0.15) is 0 Å². The van der Waals surface area contributed by atoms with Gasteiger partial charge in [-0.3, -0.25) is 14.2 Å². The highest BCUT2D eigenvalue weighted by molar-refractivity contribution is 7.18. The van der Waals surface area contributed by atoms with Crippen LogP contribution in [0.1, 0.15) is 17.6 Å². The Bertz CT molecular complexity index is 1330. The topological polar surface area (TPSA) is 86.2 Å². The monoisotopic (exact) mass is 443 g/mol. The minimum Gasteiger partial charge on any atom is -0.467 e. The molecule has 0 unspecified atom stereocenters. The molecule has 3 aromatic heterocycles. The van der Waals surface area contributed by atoms with Gasteiger partial charge in [0.1, 0.15) is 17.1 Å². The zero-order chi connectivity index (χ0) is 21.3. The SMILES string of the molecule is CCc1cc2c(=O)n(-c3cccc(Cl)c3)c(=O)n(CC(=O)NCc3ccco3)c2s1. The lowest BCUT2D eigenvalue weighted by Gasteiger charge is -2.12. The third-order valence-corrected chi connectivity index (χ3v) is 6.16. The van der Waals surface area contributed by atoms with Crippen LogP contribution in [0.5, 0.6) is 0 Å². The third-order valence-electron chi connectivity index (χ3n) is 4.62. The second-order valence-electron chi connectivity index (χ2n) is 6.63. The summed E-state index contributed by atoms with van der Waals surface area (Å²) in [6, 6.07) is 11.8. The van der Waals surface area contributed by atoms with Crippen molar-refractivity contribution in [2.45, 2.75) is 26.4 Å². The summed E-state index contributed by atoms with van der Waals surface area (Å²) in [7, 11) is 0. The normalized spacial score (nSPS) is 11.1. The molecular weight excluding hydrogens is 426 g/mol. The van der Waals surface area contributed by atoms with Crippen molar-refractivity contribution >= 4 is 39.1 Å². The number of aromatic nitrogens is 2. The van der Waals surface area contributed by atoms with Crippen LogP contribution in [0.25, 0.3) is 15.9 Å². The first kappa shape index (κ1) is 20.2. The van der Waals surface area contributed by atoms with Crippen molar-refractivity contribution in [2.24, 2.45) is 0 Å². The van der Waals surface area contributed by atoms with Crippen LogP contribution >= 0.6 is 22.9 Å². The molecule has 1 aromatic carbocycles. The van der Waals surface area contributed by atoms with E-state index in [0.29, 0.717) is 26.7 Å². The number of hydrogen-bond acceptors (Lipinski definition) is 5. The van der Waals surface area contributed by atoms with E-state index in [9.17, 15) is 14.4 Å². The third kappa shape index (κ3) is 3.83. The lowest BCUT2D eigenvalue weighted by molar-refractivity contribution is -0.121. The number of hydrogen-bond donors (Lipinski definition) is 1. The van der Waals surface area contributed by atoms with Crippen molar-refractivity contribution < 1.29 is 9.21 Å². The number of halogens is 1. The Morgan fingerprint density at radius 2 is 2.03 bits per heavy atom. The fourth-order valence-corrected chi connectivity index (χ4v) is 4.42. The Kier molecular flexibility index (Phi) is 5.61. The molecule has 0 fully saturated rings. The molecule has 154 valence electrons. The van der Waals surface area contributed by atoms with Gasteiger partial charge < -0.3 is 9.73 Å². The second kappa shape index (κ2) is 8.33. The van der Waals surface area contributed by atoms with Crippen molar-refractivity contribution in [3.63, 3.8) is 0 Å². The predicted octanol–water partition coefficient (Wildman–Crippen LogP) is 3.34. The molecule has 0 aliphatic rings. The zero-order valence-electron chi connectivity index (χ0n) is 16.1. The first-order valence-corrected chi connectivity index (χ1v) is 10.5. The second-order valence-corrected chi connectivity index (χ2v) is 8.18. The van der Waals surface area contributed by atoms with E-state index in [-0.39, 0.29) is 19.0 Å². The molecule has 0 saturated heterocycles. The minimum atomic E-state index is -0.590. The number of carbonyl (C=O) groups excluding carboxylic acids is 1. The van der Waals surface area contributed by atoms with E-state index in [1.807, 2.05) is 6.92 Å². The Hall–Kier alpha value is -3.10. The molecule has 0 bridgehead atoms. The van der Waals surface area contributed by atoms with Gasteiger partial charge in [-0.05, 0) is 42.8 Å². The van der Waals surface area contributed by atoms with E-state index in [0.717, 1.165) is 15.9 Å². The summed E-state index contributed by atoms with van der Waals surface area (Å²) in [6.07, 6.45) is 2.24. The maximum absolute atomic E-state index is 13.3. The fraction of sp³-hybridized carbons (Fsp3) is 0.190. The number of benzene rings is 1. The minimum absolute atomic E-state index is 0.211. The molecule has 4 aromatic rings. The summed E-state index contributed by atoms with van der Waals surface area (Å²) in [5.41, 5.74) is -0.665. The van der Waals surface area contributed by atoms with Crippen LogP contribution in [0.15, 0.2) is 62.7 Å². The van der Waals surface area contributed by atoms with E-state index in [2.05, 4.69) is 5.32 Å². The molecular formula is C21H18ClN3O4S. The van der Waals surface area contributed by atoms with E-state index < -0.39 is 11.2 Å². The standard InChI is InChI=1S/C21H18ClN3O4S/c1-2-16-10-17-19(27)25(14-6-3-5-13(22)9-14)21(28)24(20(17)30-16)12-18(26)23-11-15-7-4-8-29-15/h3-10H,2,11-12H2,1H3,(H,23,26). The first-order valence-electron chi connectivity index (χ1n) is 9.31. The lowest BCUT2D eigenvalue weighted by Crippen LogP contribution is -2.41. The Balaban J connectivity index is 1.81. The first-order chi connectivity index (χ1) is 14.5. The number of amides is 1. The van der Waals surface area contributed by atoms with Gasteiger partial charge in [0.2, 0.25) is 5.91 Å². The van der Waals surface area contributed by atoms with Gasteiger partial charge in [0.05, 0.1) is 23.9 Å². The van der Waals surface area contributed by atoms with E-state index in [1.54, 1.807) is 42.5 Å². The van der Waals surface area contributed by atoms with Crippen LogP contribution in [0.2, 0.25) is 5.02 Å². The highest BCUT2D eigenvalue weighted by atomic mass is 35.5. The summed E-state index contributed by atoms with van der Waals surface area (Å²) >= 11 is 7.41. The molecule has 0 aliphatic heterocycles. The van der Waals surface area contributed by atoms with Gasteiger partial charge in [-0.15, -0.1) is 11.3 Å². The molecule has 0 atom stereocenters. The van der Waals surface area contributed by atoms with Gasteiger partial charge in [-0.25, -0.2) is 9.36 Å². The van der Waals surface area contributed by atoms with Crippen LogP contribution in [0.3, 0.4) is 0 Å². The summed E-state index contributed by atoms with van der Waals surface area (Å²) < 4.78 is 7.60. The summed E-state index contributed by atoms with van der Waals surface area (Å²) in [4.78, 5) is 40.4. The number of nitrogens with one attached hydrogen (secondary N) is 1. The van der Waals surface area contributed by atoms with Crippen molar-refractivity contribution in [3.8, 4) is 5.69 Å². The number of rotatable bonds is 6.